The van der Waals surface area contributed by atoms with E-state index >= 15 is 0 Å². The second-order valence-electron chi connectivity index (χ2n) is 3.33. The molecule has 0 heterocycles. The smallest absolute Gasteiger partial charge is 0.251 e. The van der Waals surface area contributed by atoms with Crippen LogP contribution in [0.2, 0.25) is 0 Å². The average Bonchev–Trinajstić information content (AvgIpc) is 2.74. The quantitative estimate of drug-likeness (QED) is 0.733. The van der Waals surface area contributed by atoms with Gasteiger partial charge >= 0.3 is 0 Å². The molecule has 0 unspecified atom stereocenters. The zero-order chi connectivity index (χ0) is 10.7. The molecular formula is C12H11NOS. The summed E-state index contributed by atoms with van der Waals surface area (Å²) in [5, 5.41) is 2.83. The van der Waals surface area contributed by atoms with Crippen LogP contribution in [0.5, 0.6) is 0 Å². The maximum Gasteiger partial charge on any atom is 0.251 e. The molecule has 0 radical (unpaired) electrons. The molecule has 0 spiro atoms. The van der Waals surface area contributed by atoms with E-state index in [1.807, 2.05) is 42.5 Å². The van der Waals surface area contributed by atoms with Crippen molar-refractivity contribution in [2.75, 3.05) is 5.32 Å². The van der Waals surface area contributed by atoms with Crippen molar-refractivity contribution in [1.82, 2.24) is 0 Å². The van der Waals surface area contributed by atoms with Crippen molar-refractivity contribution in [3.05, 3.63) is 48.1 Å². The van der Waals surface area contributed by atoms with Crippen molar-refractivity contribution in [2.24, 2.45) is 0 Å². The molecule has 0 saturated heterocycles. The van der Waals surface area contributed by atoms with Crippen LogP contribution in [0.4, 0.5) is 5.69 Å². The van der Waals surface area contributed by atoms with E-state index in [4.69, 9.17) is 0 Å². The zero-order valence-electron chi connectivity index (χ0n) is 8.10. The summed E-state index contributed by atoms with van der Waals surface area (Å²) < 4.78 is 0. The molecule has 0 aliphatic heterocycles. The third-order valence-corrected chi connectivity index (χ3v) is 2.49. The molecule has 0 saturated carbocycles. The Hall–Kier alpha value is -1.48. The van der Waals surface area contributed by atoms with Crippen molar-refractivity contribution in [3.63, 3.8) is 0 Å². The van der Waals surface area contributed by atoms with Crippen LogP contribution >= 0.6 is 12.6 Å². The first-order valence-corrected chi connectivity index (χ1v) is 5.16. The number of amides is 1. The van der Waals surface area contributed by atoms with Gasteiger partial charge in [-0.3, -0.25) is 4.79 Å². The summed E-state index contributed by atoms with van der Waals surface area (Å²) in [6.07, 6.45) is 6.41. The molecule has 0 aromatic heterocycles. The predicted octanol–water partition coefficient (Wildman–Crippen LogP) is 2.80. The summed E-state index contributed by atoms with van der Waals surface area (Å²) in [6.45, 7) is 0. The van der Waals surface area contributed by atoms with Crippen LogP contribution in [-0.2, 0) is 4.79 Å². The van der Waals surface area contributed by atoms with E-state index < -0.39 is 0 Å². The number of nitrogens with one attached hydrogen (secondary N) is 1. The summed E-state index contributed by atoms with van der Waals surface area (Å²) in [5.41, 5.74) is 1.59. The Balaban J connectivity index is 2.03. The second kappa shape index (κ2) is 4.36. The van der Waals surface area contributed by atoms with Gasteiger partial charge in [-0.05, 0) is 30.7 Å². The first kappa shape index (κ1) is 10.1. The second-order valence-corrected chi connectivity index (χ2v) is 3.84. The highest BCUT2D eigenvalue weighted by atomic mass is 32.1. The fraction of sp³-hybridized carbons (Fsp3) is 0.0833. The summed E-state index contributed by atoms with van der Waals surface area (Å²) >= 11 is 4.18. The van der Waals surface area contributed by atoms with Gasteiger partial charge in [0.25, 0.3) is 5.91 Å². The fourth-order valence-corrected chi connectivity index (χ4v) is 1.52. The molecule has 0 fully saturated rings. The minimum atomic E-state index is -0.0353. The van der Waals surface area contributed by atoms with Gasteiger partial charge in [-0.2, -0.15) is 0 Å². The lowest BCUT2D eigenvalue weighted by Crippen LogP contribution is -2.13. The SMILES string of the molecule is O=C(Nc1ccc(S)cc1)C1=CC=CC1. The number of anilines is 1. The number of carbonyl (C=O) groups excluding carboxylic acids is 1. The molecule has 1 amide bonds. The molecule has 2 nitrogen and oxygen atoms in total. The molecule has 2 rings (SSSR count). The maximum atomic E-state index is 11.7. The molecule has 76 valence electrons. The topological polar surface area (TPSA) is 29.1 Å². The minimum Gasteiger partial charge on any atom is -0.322 e. The lowest BCUT2D eigenvalue weighted by Gasteiger charge is -2.05. The van der Waals surface area contributed by atoms with Crippen LogP contribution in [0.15, 0.2) is 53.0 Å². The number of hydrogen-bond acceptors (Lipinski definition) is 2. The van der Waals surface area contributed by atoms with E-state index in [9.17, 15) is 4.79 Å². The Bertz CT molecular complexity index is 431. The Morgan fingerprint density at radius 3 is 2.60 bits per heavy atom. The number of thiol groups is 1. The zero-order valence-corrected chi connectivity index (χ0v) is 9.00. The summed E-state index contributed by atoms with van der Waals surface area (Å²) in [7, 11) is 0. The Morgan fingerprint density at radius 1 is 1.27 bits per heavy atom. The van der Waals surface area contributed by atoms with E-state index in [0.717, 1.165) is 22.6 Å². The highest BCUT2D eigenvalue weighted by Crippen LogP contribution is 2.16. The van der Waals surface area contributed by atoms with Gasteiger partial charge in [-0.1, -0.05) is 18.2 Å². The highest BCUT2D eigenvalue weighted by Gasteiger charge is 2.09. The van der Waals surface area contributed by atoms with E-state index in [1.165, 1.54) is 0 Å². The molecule has 0 bridgehead atoms. The first-order chi connectivity index (χ1) is 7.25. The molecule has 0 atom stereocenters. The average molecular weight is 217 g/mol. The molecule has 3 heteroatoms. The monoisotopic (exact) mass is 217 g/mol. The van der Waals surface area contributed by atoms with Gasteiger partial charge in [-0.25, -0.2) is 0 Å². The Kier molecular flexibility index (Phi) is 2.92. The van der Waals surface area contributed by atoms with Crippen LogP contribution < -0.4 is 5.32 Å². The van der Waals surface area contributed by atoms with Gasteiger partial charge in [0.05, 0.1) is 0 Å². The number of hydrogen-bond donors (Lipinski definition) is 2. The van der Waals surface area contributed by atoms with Gasteiger partial charge < -0.3 is 5.32 Å². The molecule has 15 heavy (non-hydrogen) atoms. The van der Waals surface area contributed by atoms with Gasteiger partial charge in [0.15, 0.2) is 0 Å². The molecule has 1 aliphatic carbocycles. The standard InChI is InChI=1S/C12H11NOS/c14-12(9-3-1-2-4-9)13-10-5-7-11(15)8-6-10/h1-3,5-8,15H,4H2,(H,13,14). The molecule has 1 aromatic carbocycles. The van der Waals surface area contributed by atoms with E-state index in [-0.39, 0.29) is 5.91 Å². The molecule has 1 N–H and O–H groups in total. The van der Waals surface area contributed by atoms with Crippen LogP contribution in [0, 0.1) is 0 Å². The first-order valence-electron chi connectivity index (χ1n) is 4.72. The van der Waals surface area contributed by atoms with E-state index in [0.29, 0.717) is 0 Å². The van der Waals surface area contributed by atoms with E-state index in [2.05, 4.69) is 17.9 Å². The van der Waals surface area contributed by atoms with E-state index in [1.54, 1.807) is 0 Å². The maximum absolute atomic E-state index is 11.7. The largest absolute Gasteiger partial charge is 0.322 e. The number of allylic oxidation sites excluding steroid dienone is 3. The van der Waals surface area contributed by atoms with Crippen molar-refractivity contribution in [1.29, 1.82) is 0 Å². The number of benzene rings is 1. The van der Waals surface area contributed by atoms with Crippen molar-refractivity contribution in [3.8, 4) is 0 Å². The van der Waals surface area contributed by atoms with Gasteiger partial charge in [-0.15, -0.1) is 12.6 Å². The van der Waals surface area contributed by atoms with Gasteiger partial charge in [0, 0.05) is 16.2 Å². The third-order valence-electron chi connectivity index (χ3n) is 2.19. The van der Waals surface area contributed by atoms with Crippen LogP contribution in [0.1, 0.15) is 6.42 Å². The lowest BCUT2D eigenvalue weighted by molar-refractivity contribution is -0.112. The fourth-order valence-electron chi connectivity index (χ4n) is 1.37. The normalized spacial score (nSPS) is 13.8. The molecule has 1 aromatic rings. The number of carbonyl (C=O) groups is 1. The Labute approximate surface area is 94.1 Å². The van der Waals surface area contributed by atoms with Gasteiger partial charge in [0.2, 0.25) is 0 Å². The summed E-state index contributed by atoms with van der Waals surface area (Å²) in [6, 6.07) is 7.37. The van der Waals surface area contributed by atoms with Gasteiger partial charge in [0.1, 0.15) is 0 Å². The Morgan fingerprint density at radius 2 is 2.00 bits per heavy atom. The van der Waals surface area contributed by atoms with Crippen LogP contribution in [0.25, 0.3) is 0 Å². The molecular weight excluding hydrogens is 206 g/mol. The number of rotatable bonds is 2. The summed E-state index contributed by atoms with van der Waals surface area (Å²) in [5.74, 6) is -0.0353. The summed E-state index contributed by atoms with van der Waals surface area (Å²) in [4.78, 5) is 12.5. The van der Waals surface area contributed by atoms with Crippen LogP contribution in [0.3, 0.4) is 0 Å². The highest BCUT2D eigenvalue weighted by molar-refractivity contribution is 7.80. The van der Waals surface area contributed by atoms with Crippen molar-refractivity contribution >= 4 is 24.2 Å². The third kappa shape index (κ3) is 2.50. The predicted molar refractivity (Wildman–Crippen MR) is 64.2 cm³/mol. The molecule has 1 aliphatic rings. The van der Waals surface area contributed by atoms with Crippen molar-refractivity contribution < 1.29 is 4.79 Å². The minimum absolute atomic E-state index is 0.0353. The van der Waals surface area contributed by atoms with Crippen molar-refractivity contribution in [2.45, 2.75) is 11.3 Å². The van der Waals surface area contributed by atoms with Crippen LogP contribution in [-0.4, -0.2) is 5.91 Å². The lowest BCUT2D eigenvalue weighted by atomic mass is 10.2.